The van der Waals surface area contributed by atoms with Crippen molar-refractivity contribution in [2.24, 2.45) is 5.92 Å². The summed E-state index contributed by atoms with van der Waals surface area (Å²) >= 11 is 0. The Bertz CT molecular complexity index is 7320. The van der Waals surface area contributed by atoms with Crippen LogP contribution in [-0.2, 0) is 87.0 Å². The van der Waals surface area contributed by atoms with Gasteiger partial charge < -0.3 is 69.4 Å². The molecule has 12 aromatic carbocycles. The molecule has 24 heteroatoms. The fraction of sp³-hybridized carbons (Fsp3) is 0.239. The van der Waals surface area contributed by atoms with Gasteiger partial charge in [0.25, 0.3) is 5.91 Å². The van der Waals surface area contributed by atoms with E-state index in [0.29, 0.717) is 69.7 Å². The number of carbonyl (C=O) groups excluding carboxylic acids is 3. The number of nitrogens with one attached hydrogen (secondary N) is 8. The van der Waals surface area contributed by atoms with E-state index in [0.717, 1.165) is 166 Å². The molecule has 0 aliphatic carbocycles. The SMILES string of the molecule is COc1ccc(Cn2c(CCc3c[nH]c4ccccc34)nnc2[C@@H](Cc2cccc3ccccc23)NC(=O)C2CCCN2)cc1.COc1ccc(Cn2c(CCc3c[nH]c4ccccc34)nnc2[C@@H](Cc2cccc3ccccc23)NC(=O)C2CCNCC2)cc1.COc1ccc(Cn2c(CCc3c[nH]c4ccccc34)nnc2[C@@H](Cc2cccc3ccccc23)NC(=O)c2ccccn2)cc1. The molecule has 4 atom stereocenters. The molecule has 1 unspecified atom stereocenters. The Balaban J connectivity index is 0.000000132. The normalized spacial score (nSPS) is 13.9. The molecule has 19 aromatic rings. The maximum atomic E-state index is 13.8. The zero-order valence-corrected chi connectivity index (χ0v) is 77.3. The molecule has 21 rings (SSSR count). The largest absolute Gasteiger partial charge is 0.497 e. The highest BCUT2D eigenvalue weighted by atomic mass is 16.5. The summed E-state index contributed by atoms with van der Waals surface area (Å²) < 4.78 is 22.8. The van der Waals surface area contributed by atoms with Gasteiger partial charge in [-0.05, 0) is 214 Å². The number of piperidine rings is 1. The fourth-order valence-corrected chi connectivity index (χ4v) is 19.4. The van der Waals surface area contributed by atoms with Crippen molar-refractivity contribution in [3.05, 3.63) is 407 Å². The van der Waals surface area contributed by atoms with Crippen LogP contribution in [0.2, 0.25) is 0 Å². The van der Waals surface area contributed by atoms with E-state index >= 15 is 0 Å². The standard InChI is InChI=1S/C38H34N6O2.C38H40N6O2.C37H38N6O2/c1-46-30-19-16-26(17-20-30)25-44-36(21-18-29-24-40-33-14-5-4-13-32(29)33)42-43-37(44)35(41-38(45)34-15-6-7-22-39-34)23-28-11-8-10-27-9-2-3-12-31(27)28;1-46-31-16-13-26(14-17-31)25-44-36(18-15-30-24-40-34-12-5-4-11-33(30)34)42-43-37(44)35(41-38(45)28-19-21-39-22-20-28)23-29-9-6-8-27-7-2-3-10-32(27)29;1-45-29-18-15-25(16-19-29)24-43-35(20-17-28-23-39-32-13-5-4-12-31(28)32)41-42-36(43)34(40-37(44)33-14-7-21-38-33)22-27-10-6-9-26-8-2-3-11-30(26)27/h2-17,19-20,22,24,35,40H,18,21,23,25H2,1H3,(H,41,45);2-14,16-17,24,28,35,39-40H,15,18-23,25H2,1H3,(H,41,45);2-6,8-13,15-16,18-19,23,33-34,38-39H,7,14,17,20-22,24H2,1H3,(H,40,44)/t2*35-;33?,34-/m111/s1. The number of rotatable bonds is 33. The summed E-state index contributed by atoms with van der Waals surface area (Å²) in [7, 11) is 5.02. The van der Waals surface area contributed by atoms with E-state index in [1.54, 1.807) is 39.7 Å². The van der Waals surface area contributed by atoms with Gasteiger partial charge in [-0.25, -0.2) is 0 Å². The van der Waals surface area contributed by atoms with E-state index in [1.165, 1.54) is 60.0 Å². The highest BCUT2D eigenvalue weighted by Gasteiger charge is 2.33. The van der Waals surface area contributed by atoms with Crippen LogP contribution in [0.1, 0.15) is 139 Å². The first-order valence-corrected chi connectivity index (χ1v) is 47.4. The second-order valence-corrected chi connectivity index (χ2v) is 35.4. The van der Waals surface area contributed by atoms with Crippen LogP contribution >= 0.6 is 0 Å². The van der Waals surface area contributed by atoms with Crippen molar-refractivity contribution < 1.29 is 28.6 Å². The van der Waals surface area contributed by atoms with Crippen LogP contribution in [-0.4, -0.2) is 129 Å². The molecule has 0 saturated carbocycles. The van der Waals surface area contributed by atoms with Crippen LogP contribution in [0, 0.1) is 5.92 Å². The number of hydrogen-bond donors (Lipinski definition) is 8. The molecular weight excluding hydrogens is 1710 g/mol. The van der Waals surface area contributed by atoms with Gasteiger partial charge in [0.1, 0.15) is 40.4 Å². The first-order valence-electron chi connectivity index (χ1n) is 47.4. The Morgan fingerprint density at radius 3 is 1.07 bits per heavy atom. The summed E-state index contributed by atoms with van der Waals surface area (Å²) in [4.78, 5) is 55.4. The molecular formula is C113H112N18O6. The molecule has 3 amide bonds. The smallest absolute Gasteiger partial charge is 0.270 e. The van der Waals surface area contributed by atoms with Gasteiger partial charge in [0.2, 0.25) is 11.8 Å². The van der Waals surface area contributed by atoms with Crippen molar-refractivity contribution in [1.29, 1.82) is 0 Å². The second kappa shape index (κ2) is 43.1. The van der Waals surface area contributed by atoms with E-state index in [2.05, 4.69) is 291 Å². The van der Waals surface area contributed by atoms with Gasteiger partial charge in [-0.1, -0.05) is 224 Å². The van der Waals surface area contributed by atoms with Gasteiger partial charge in [-0.2, -0.15) is 0 Å². The Kier molecular flexibility index (Phi) is 28.5. The maximum Gasteiger partial charge on any atom is 0.270 e. The van der Waals surface area contributed by atoms with Gasteiger partial charge in [0, 0.05) is 102 Å². The predicted octanol–water partition coefficient (Wildman–Crippen LogP) is 18.9. The number of para-hydroxylation sites is 3. The minimum atomic E-state index is -0.465. The number of ether oxygens (including phenoxy) is 3. The lowest BCUT2D eigenvalue weighted by Gasteiger charge is -2.26. The van der Waals surface area contributed by atoms with Gasteiger partial charge >= 0.3 is 0 Å². The highest BCUT2D eigenvalue weighted by Crippen LogP contribution is 2.34. The molecule has 0 bridgehead atoms. The van der Waals surface area contributed by atoms with Gasteiger partial charge in [0.05, 0.1) is 65.1 Å². The van der Waals surface area contributed by atoms with Crippen LogP contribution in [0.25, 0.3) is 65.0 Å². The maximum absolute atomic E-state index is 13.8. The summed E-state index contributed by atoms with van der Waals surface area (Å²) in [6, 6.07) is 97.5. The molecule has 690 valence electrons. The topological polar surface area (TPSA) is 291 Å². The number of fused-ring (bicyclic) bond motifs is 6. The summed E-state index contributed by atoms with van der Waals surface area (Å²) in [5.74, 6) is 7.12. The molecule has 24 nitrogen and oxygen atoms in total. The highest BCUT2D eigenvalue weighted by molar-refractivity contribution is 5.93. The molecule has 8 N–H and O–H groups in total. The number of methoxy groups -OCH3 is 3. The van der Waals surface area contributed by atoms with Crippen molar-refractivity contribution in [3.8, 4) is 17.2 Å². The number of aromatic nitrogens is 13. The van der Waals surface area contributed by atoms with Crippen LogP contribution in [0.3, 0.4) is 0 Å². The molecule has 2 aliphatic heterocycles. The minimum absolute atomic E-state index is 0.0112. The lowest BCUT2D eigenvalue weighted by Crippen LogP contribution is -2.43. The summed E-state index contributed by atoms with van der Waals surface area (Å²) in [6.45, 7) is 4.29. The van der Waals surface area contributed by atoms with Crippen molar-refractivity contribution in [2.75, 3.05) is 41.0 Å². The third-order valence-electron chi connectivity index (χ3n) is 26.7. The van der Waals surface area contributed by atoms with Crippen molar-refractivity contribution in [1.82, 2.24) is 90.8 Å². The van der Waals surface area contributed by atoms with Crippen LogP contribution in [0.15, 0.2) is 316 Å². The Morgan fingerprint density at radius 2 is 0.701 bits per heavy atom. The van der Waals surface area contributed by atoms with E-state index in [4.69, 9.17) is 44.8 Å². The Labute approximate surface area is 795 Å². The number of pyridine rings is 1. The second-order valence-electron chi connectivity index (χ2n) is 35.4. The predicted molar refractivity (Wildman–Crippen MR) is 539 cm³/mol. The summed E-state index contributed by atoms with van der Waals surface area (Å²) in [6.07, 6.45) is 17.7. The Hall–Kier alpha value is -15.7. The number of H-pyrrole nitrogens is 3. The van der Waals surface area contributed by atoms with E-state index in [-0.39, 0.29) is 41.8 Å². The number of carbonyl (C=O) groups is 3. The molecule has 9 heterocycles. The number of benzene rings is 12. The van der Waals surface area contributed by atoms with E-state index in [1.807, 2.05) is 66.7 Å². The quantitative estimate of drug-likeness (QED) is 0.0190. The molecule has 7 aromatic heterocycles. The lowest BCUT2D eigenvalue weighted by atomic mass is 9.95. The molecule has 2 fully saturated rings. The zero-order valence-electron chi connectivity index (χ0n) is 77.3. The van der Waals surface area contributed by atoms with Gasteiger partial charge in [0.15, 0.2) is 17.5 Å². The first-order chi connectivity index (χ1) is 67.5. The molecule has 0 radical (unpaired) electrons. The third-order valence-corrected chi connectivity index (χ3v) is 26.7. The van der Waals surface area contributed by atoms with Crippen LogP contribution in [0.4, 0.5) is 0 Å². The first kappa shape index (κ1) is 90.5. The summed E-state index contributed by atoms with van der Waals surface area (Å²) in [5.41, 5.74) is 14.2. The van der Waals surface area contributed by atoms with Gasteiger partial charge in [-0.3, -0.25) is 19.4 Å². The van der Waals surface area contributed by atoms with Crippen molar-refractivity contribution in [3.63, 3.8) is 0 Å². The molecule has 0 spiro atoms. The lowest BCUT2D eigenvalue weighted by molar-refractivity contribution is -0.126. The average molecular weight is 1820 g/mol. The van der Waals surface area contributed by atoms with E-state index < -0.39 is 6.04 Å². The Morgan fingerprint density at radius 1 is 0.350 bits per heavy atom. The number of hydrogen-bond acceptors (Lipinski definition) is 15. The number of amides is 3. The summed E-state index contributed by atoms with van der Waals surface area (Å²) in [5, 5.41) is 56.2. The average Bonchev–Trinajstić information content (AvgIpc) is 1.56. The van der Waals surface area contributed by atoms with Crippen LogP contribution < -0.4 is 40.8 Å². The van der Waals surface area contributed by atoms with Crippen LogP contribution in [0.5, 0.6) is 17.2 Å². The van der Waals surface area contributed by atoms with Gasteiger partial charge in [-0.15, -0.1) is 30.6 Å². The molecule has 137 heavy (non-hydrogen) atoms. The fourth-order valence-electron chi connectivity index (χ4n) is 19.4. The minimum Gasteiger partial charge on any atom is -0.497 e. The monoisotopic (exact) mass is 1820 g/mol. The zero-order chi connectivity index (χ0) is 93.2. The van der Waals surface area contributed by atoms with Crippen molar-refractivity contribution in [2.45, 2.75) is 127 Å². The molecule has 2 aliphatic rings. The third kappa shape index (κ3) is 21.4. The number of nitrogens with zero attached hydrogens (tertiary/aromatic N) is 10. The number of aromatic amines is 3. The van der Waals surface area contributed by atoms with Crippen molar-refractivity contribution >= 4 is 82.7 Å². The molecule has 2 saturated heterocycles. The number of aryl methyl sites for hydroxylation is 6. The van der Waals surface area contributed by atoms with E-state index in [9.17, 15) is 14.4 Å².